The topological polar surface area (TPSA) is 65.8 Å². The predicted octanol–water partition coefficient (Wildman–Crippen LogP) is 4.03. The van der Waals surface area contributed by atoms with Crippen LogP contribution in [-0.4, -0.2) is 52.3 Å². The van der Waals surface area contributed by atoms with Crippen LogP contribution in [0.3, 0.4) is 0 Å². The van der Waals surface area contributed by atoms with Crippen molar-refractivity contribution < 1.29 is 14.9 Å². The summed E-state index contributed by atoms with van der Waals surface area (Å²) in [6, 6.07) is 16.0. The number of piperidine rings is 1. The first-order valence-electron chi connectivity index (χ1n) is 10.3. The van der Waals surface area contributed by atoms with Crippen LogP contribution < -0.4 is 4.74 Å². The van der Waals surface area contributed by atoms with E-state index < -0.39 is 11.8 Å². The van der Waals surface area contributed by atoms with Crippen LogP contribution in [0.15, 0.2) is 65.8 Å². The summed E-state index contributed by atoms with van der Waals surface area (Å²) in [5, 5.41) is 24.1. The van der Waals surface area contributed by atoms with Crippen LogP contribution in [0.5, 0.6) is 5.75 Å². The lowest BCUT2D eigenvalue weighted by molar-refractivity contribution is -0.0814. The Morgan fingerprint density at radius 1 is 1.10 bits per heavy atom. The van der Waals surface area contributed by atoms with Gasteiger partial charge in [-0.05, 0) is 36.6 Å². The lowest BCUT2D eigenvalue weighted by Gasteiger charge is -2.40. The van der Waals surface area contributed by atoms with Gasteiger partial charge in [-0.15, -0.1) is 11.8 Å². The van der Waals surface area contributed by atoms with Crippen LogP contribution in [-0.2, 0) is 5.60 Å². The second-order valence-corrected chi connectivity index (χ2v) is 8.59. The number of fused-ring (bicyclic) bond motifs is 1. The van der Waals surface area contributed by atoms with E-state index >= 15 is 0 Å². The molecular weight excluding hydrogens is 396 g/mol. The highest BCUT2D eigenvalue weighted by Crippen LogP contribution is 2.37. The maximum atomic E-state index is 11.3. The van der Waals surface area contributed by atoms with E-state index in [2.05, 4.69) is 4.98 Å². The molecule has 5 nitrogen and oxygen atoms in total. The van der Waals surface area contributed by atoms with E-state index in [-0.39, 0.29) is 0 Å². The van der Waals surface area contributed by atoms with Crippen molar-refractivity contribution in [2.45, 2.75) is 36.0 Å². The summed E-state index contributed by atoms with van der Waals surface area (Å²) < 4.78 is 5.88. The summed E-state index contributed by atoms with van der Waals surface area (Å²) in [6.07, 6.45) is 6.71. The summed E-state index contributed by atoms with van der Waals surface area (Å²) in [4.78, 5) is 7.45. The van der Waals surface area contributed by atoms with E-state index in [9.17, 15) is 10.2 Å². The molecule has 0 amide bonds. The predicted molar refractivity (Wildman–Crippen MR) is 121 cm³/mol. The van der Waals surface area contributed by atoms with E-state index in [1.807, 2.05) is 65.9 Å². The summed E-state index contributed by atoms with van der Waals surface area (Å²) in [5.74, 6) is 0.855. The molecule has 2 heterocycles. The molecule has 2 N–H and O–H groups in total. The number of benzene rings is 2. The van der Waals surface area contributed by atoms with Gasteiger partial charge in [-0.2, -0.15) is 0 Å². The standard InChI is InChI=1S/C24H28N2O3S/c1-30-22-9-5-4-8-21(22)29-15-10-23(27)26-13-11-24(28,12-14-26)20-17-25-16-18-6-2-3-7-19(18)20/h2-9,16-17,23,27-28H,10-15H2,1H3. The molecule has 158 valence electrons. The Bertz CT molecular complexity index is 984. The molecule has 0 saturated carbocycles. The molecule has 0 aliphatic carbocycles. The molecule has 1 unspecified atom stereocenters. The van der Waals surface area contributed by atoms with Crippen molar-refractivity contribution in [3.8, 4) is 5.75 Å². The van der Waals surface area contributed by atoms with Gasteiger partial charge in [-0.25, -0.2) is 0 Å². The normalized spacial score (nSPS) is 17.7. The maximum Gasteiger partial charge on any atom is 0.132 e. The molecule has 30 heavy (non-hydrogen) atoms. The van der Waals surface area contributed by atoms with Gasteiger partial charge in [0.2, 0.25) is 0 Å². The third-order valence-electron chi connectivity index (χ3n) is 5.92. The fourth-order valence-corrected chi connectivity index (χ4v) is 4.69. The van der Waals surface area contributed by atoms with E-state index in [1.54, 1.807) is 18.0 Å². The van der Waals surface area contributed by atoms with Crippen LogP contribution in [0, 0.1) is 0 Å². The van der Waals surface area contributed by atoms with Gasteiger partial charge in [0.05, 0.1) is 12.2 Å². The highest BCUT2D eigenvalue weighted by atomic mass is 32.2. The minimum Gasteiger partial charge on any atom is -0.492 e. The summed E-state index contributed by atoms with van der Waals surface area (Å²) in [6.45, 7) is 1.71. The molecule has 1 aliphatic heterocycles. The molecule has 1 fully saturated rings. The van der Waals surface area contributed by atoms with E-state index in [1.165, 1.54) is 0 Å². The van der Waals surface area contributed by atoms with Gasteiger partial charge < -0.3 is 14.9 Å². The van der Waals surface area contributed by atoms with Crippen LogP contribution in [0.1, 0.15) is 24.8 Å². The third-order valence-corrected chi connectivity index (χ3v) is 6.70. The number of nitrogens with zero attached hydrogens (tertiary/aromatic N) is 2. The van der Waals surface area contributed by atoms with Crippen LogP contribution in [0.4, 0.5) is 0 Å². The molecule has 1 aliphatic rings. The Hall–Kier alpha value is -2.12. The summed E-state index contributed by atoms with van der Waals surface area (Å²) >= 11 is 1.65. The Morgan fingerprint density at radius 2 is 1.83 bits per heavy atom. The van der Waals surface area contributed by atoms with Gasteiger partial charge in [-0.3, -0.25) is 9.88 Å². The zero-order valence-electron chi connectivity index (χ0n) is 17.2. The molecule has 4 rings (SSSR count). The molecule has 1 saturated heterocycles. The number of thioether (sulfide) groups is 1. The number of aliphatic hydroxyl groups is 2. The third kappa shape index (κ3) is 4.47. The Morgan fingerprint density at radius 3 is 2.63 bits per heavy atom. The first-order chi connectivity index (χ1) is 14.6. The number of aromatic nitrogens is 1. The van der Waals surface area contributed by atoms with Gasteiger partial charge in [0.1, 0.15) is 12.0 Å². The van der Waals surface area contributed by atoms with Crippen molar-refractivity contribution in [2.75, 3.05) is 26.0 Å². The molecule has 0 bridgehead atoms. The number of hydrogen-bond donors (Lipinski definition) is 2. The van der Waals surface area contributed by atoms with Gasteiger partial charge in [-0.1, -0.05) is 36.4 Å². The zero-order chi connectivity index (χ0) is 21.0. The molecule has 1 atom stereocenters. The first kappa shape index (κ1) is 21.1. The zero-order valence-corrected chi connectivity index (χ0v) is 18.0. The number of rotatable bonds is 7. The second-order valence-electron chi connectivity index (χ2n) is 7.74. The van der Waals surface area contributed by atoms with Crippen molar-refractivity contribution in [2.24, 2.45) is 0 Å². The maximum absolute atomic E-state index is 11.3. The van der Waals surface area contributed by atoms with Gasteiger partial charge in [0, 0.05) is 47.7 Å². The summed E-state index contributed by atoms with van der Waals surface area (Å²) in [5.41, 5.74) is -0.0375. The molecule has 1 aromatic heterocycles. The highest BCUT2D eigenvalue weighted by molar-refractivity contribution is 7.98. The molecule has 0 radical (unpaired) electrons. The van der Waals surface area contributed by atoms with Crippen LogP contribution in [0.25, 0.3) is 10.8 Å². The van der Waals surface area contributed by atoms with Gasteiger partial charge >= 0.3 is 0 Å². The van der Waals surface area contributed by atoms with Crippen molar-refractivity contribution in [1.82, 2.24) is 9.88 Å². The number of pyridine rings is 1. The van der Waals surface area contributed by atoms with Crippen molar-refractivity contribution >= 4 is 22.5 Å². The number of aliphatic hydroxyl groups excluding tert-OH is 1. The molecular formula is C24H28N2O3S. The Kier molecular flexibility index (Phi) is 6.58. The van der Waals surface area contributed by atoms with Gasteiger partial charge in [0.25, 0.3) is 0 Å². The van der Waals surface area contributed by atoms with E-state index in [4.69, 9.17) is 4.74 Å². The fraction of sp³-hybridized carbons (Fsp3) is 0.375. The molecule has 6 heteroatoms. The molecule has 3 aromatic rings. The highest BCUT2D eigenvalue weighted by Gasteiger charge is 2.37. The lowest BCUT2D eigenvalue weighted by atomic mass is 9.83. The molecule has 2 aromatic carbocycles. The van der Waals surface area contributed by atoms with Crippen LogP contribution in [0.2, 0.25) is 0 Å². The van der Waals surface area contributed by atoms with Crippen LogP contribution >= 0.6 is 11.8 Å². The minimum atomic E-state index is -0.919. The minimum absolute atomic E-state index is 0.451. The number of para-hydroxylation sites is 1. The van der Waals surface area contributed by atoms with E-state index in [0.717, 1.165) is 27.0 Å². The monoisotopic (exact) mass is 424 g/mol. The largest absolute Gasteiger partial charge is 0.492 e. The SMILES string of the molecule is CSc1ccccc1OCCC(O)N1CCC(O)(c2cncc3ccccc23)CC1. The second kappa shape index (κ2) is 9.35. The Balaban J connectivity index is 1.34. The number of ether oxygens (including phenoxy) is 1. The van der Waals surface area contributed by atoms with Crippen molar-refractivity contribution in [1.29, 1.82) is 0 Å². The van der Waals surface area contributed by atoms with Crippen molar-refractivity contribution in [3.05, 3.63) is 66.5 Å². The molecule has 0 spiro atoms. The van der Waals surface area contributed by atoms with Gasteiger partial charge in [0.15, 0.2) is 0 Å². The first-order valence-corrected chi connectivity index (χ1v) is 11.6. The average molecular weight is 425 g/mol. The summed E-state index contributed by atoms with van der Waals surface area (Å²) in [7, 11) is 0. The smallest absolute Gasteiger partial charge is 0.132 e. The lowest BCUT2D eigenvalue weighted by Crippen LogP contribution is -2.47. The average Bonchev–Trinajstić information content (AvgIpc) is 2.79. The quantitative estimate of drug-likeness (QED) is 0.559. The van der Waals surface area contributed by atoms with E-state index in [0.29, 0.717) is 39.0 Å². The Labute approximate surface area is 181 Å². The number of likely N-dealkylation sites (tertiary alicyclic amines) is 1. The number of hydrogen-bond acceptors (Lipinski definition) is 6. The van der Waals surface area contributed by atoms with Crippen molar-refractivity contribution in [3.63, 3.8) is 0 Å². The fourth-order valence-electron chi connectivity index (χ4n) is 4.14.